The average molecular weight is 168 g/mol. The summed E-state index contributed by atoms with van der Waals surface area (Å²) in [5.41, 5.74) is -0.0566. The van der Waals surface area contributed by atoms with Crippen molar-refractivity contribution in [2.45, 2.75) is 0 Å². The van der Waals surface area contributed by atoms with E-state index in [1.807, 2.05) is 0 Å². The molecule has 1 nitrogen and oxygen atoms in total. The normalized spacial score (nSPS) is 9.17. The number of halogens is 2. The third-order valence-electron chi connectivity index (χ3n) is 1.38. The Balaban J connectivity index is 3.36. The molecule has 0 aromatic heterocycles. The number of rotatable bonds is 1. The molecular formula is C9H6F2O. The minimum absolute atomic E-state index is 0.0370. The summed E-state index contributed by atoms with van der Waals surface area (Å²) in [5.74, 6) is 0.624. The number of ether oxygens (including phenoxy) is 1. The van der Waals surface area contributed by atoms with Crippen LogP contribution < -0.4 is 4.74 Å². The van der Waals surface area contributed by atoms with Crippen LogP contribution in [-0.4, -0.2) is 7.11 Å². The van der Waals surface area contributed by atoms with Crippen molar-refractivity contribution in [1.82, 2.24) is 0 Å². The summed E-state index contributed by atoms with van der Waals surface area (Å²) < 4.78 is 30.1. The molecule has 0 amide bonds. The van der Waals surface area contributed by atoms with E-state index in [2.05, 4.69) is 10.7 Å². The van der Waals surface area contributed by atoms with Gasteiger partial charge in [-0.3, -0.25) is 0 Å². The Labute approximate surface area is 69.0 Å². The molecule has 3 heteroatoms. The summed E-state index contributed by atoms with van der Waals surface area (Å²) in [4.78, 5) is 0. The fourth-order valence-electron chi connectivity index (χ4n) is 0.851. The zero-order valence-electron chi connectivity index (χ0n) is 6.40. The predicted molar refractivity (Wildman–Crippen MR) is 40.8 cm³/mol. The summed E-state index contributed by atoms with van der Waals surface area (Å²) in [6.07, 6.45) is 4.98. The molecule has 0 bridgehead atoms. The Hall–Kier alpha value is -1.56. The lowest BCUT2D eigenvalue weighted by molar-refractivity contribution is 0.405. The molecule has 0 aliphatic heterocycles. The Morgan fingerprint density at radius 2 is 2.08 bits per heavy atom. The lowest BCUT2D eigenvalue weighted by atomic mass is 10.2. The maximum atomic E-state index is 12.8. The molecule has 0 aliphatic rings. The van der Waals surface area contributed by atoms with Gasteiger partial charge in [-0.1, -0.05) is 5.92 Å². The van der Waals surface area contributed by atoms with Crippen molar-refractivity contribution in [3.63, 3.8) is 0 Å². The minimum Gasteiger partial charge on any atom is -0.495 e. The molecule has 0 atom stereocenters. The van der Waals surface area contributed by atoms with E-state index in [1.54, 1.807) is 0 Å². The van der Waals surface area contributed by atoms with E-state index in [4.69, 9.17) is 6.42 Å². The van der Waals surface area contributed by atoms with Gasteiger partial charge in [-0.2, -0.15) is 0 Å². The smallest absolute Gasteiger partial charge is 0.145 e. The number of terminal acetylenes is 1. The zero-order valence-corrected chi connectivity index (χ0v) is 6.40. The van der Waals surface area contributed by atoms with Crippen molar-refractivity contribution in [3.8, 4) is 18.1 Å². The summed E-state index contributed by atoms with van der Waals surface area (Å²) >= 11 is 0. The lowest BCUT2D eigenvalue weighted by Gasteiger charge is -2.03. The van der Waals surface area contributed by atoms with E-state index in [1.165, 1.54) is 7.11 Å². The first-order valence-electron chi connectivity index (χ1n) is 3.18. The maximum Gasteiger partial charge on any atom is 0.145 e. The molecule has 12 heavy (non-hydrogen) atoms. The number of methoxy groups -OCH3 is 1. The quantitative estimate of drug-likeness (QED) is 0.582. The first-order valence-corrected chi connectivity index (χ1v) is 3.18. The van der Waals surface area contributed by atoms with Gasteiger partial charge < -0.3 is 4.74 Å². The fourth-order valence-corrected chi connectivity index (χ4v) is 0.851. The predicted octanol–water partition coefficient (Wildman–Crippen LogP) is 1.95. The van der Waals surface area contributed by atoms with E-state index < -0.39 is 11.6 Å². The molecule has 1 aromatic rings. The second kappa shape index (κ2) is 3.22. The Kier molecular flexibility index (Phi) is 2.29. The maximum absolute atomic E-state index is 12.8. The second-order valence-electron chi connectivity index (χ2n) is 2.11. The number of hydrogen-bond acceptors (Lipinski definition) is 1. The molecule has 0 saturated heterocycles. The van der Waals surface area contributed by atoms with Crippen LogP contribution in [0.4, 0.5) is 8.78 Å². The molecule has 0 radical (unpaired) electrons. The summed E-state index contributed by atoms with van der Waals surface area (Å²) in [6, 6.07) is 1.76. The van der Waals surface area contributed by atoms with Gasteiger partial charge in [0.05, 0.1) is 7.11 Å². The van der Waals surface area contributed by atoms with E-state index in [0.717, 1.165) is 12.1 Å². The molecule has 0 heterocycles. The summed E-state index contributed by atoms with van der Waals surface area (Å²) in [5, 5.41) is 0. The van der Waals surface area contributed by atoms with Crippen LogP contribution in [0.5, 0.6) is 5.75 Å². The van der Waals surface area contributed by atoms with Crippen molar-refractivity contribution in [2.24, 2.45) is 0 Å². The van der Waals surface area contributed by atoms with Crippen LogP contribution in [-0.2, 0) is 0 Å². The molecule has 1 aromatic carbocycles. The standard InChI is InChI=1S/C9H6F2O/c1-3-7-8(11)4-6(10)5-9(7)12-2/h1,4-5H,2H3. The van der Waals surface area contributed by atoms with Crippen molar-refractivity contribution < 1.29 is 13.5 Å². The van der Waals surface area contributed by atoms with Crippen molar-refractivity contribution >= 4 is 0 Å². The fraction of sp³-hybridized carbons (Fsp3) is 0.111. The van der Waals surface area contributed by atoms with Gasteiger partial charge in [-0.05, 0) is 0 Å². The number of benzene rings is 1. The van der Waals surface area contributed by atoms with Gasteiger partial charge in [0, 0.05) is 12.1 Å². The number of hydrogen-bond donors (Lipinski definition) is 0. The highest BCUT2D eigenvalue weighted by Crippen LogP contribution is 2.21. The van der Waals surface area contributed by atoms with Gasteiger partial charge in [0.2, 0.25) is 0 Å². The van der Waals surface area contributed by atoms with Crippen LogP contribution in [0.25, 0.3) is 0 Å². The van der Waals surface area contributed by atoms with Crippen LogP contribution in [0.3, 0.4) is 0 Å². The Bertz CT molecular complexity index is 339. The van der Waals surface area contributed by atoms with Crippen molar-refractivity contribution in [1.29, 1.82) is 0 Å². The molecule has 0 N–H and O–H groups in total. The molecule has 0 spiro atoms. The molecule has 0 fully saturated rings. The summed E-state index contributed by atoms with van der Waals surface area (Å²) in [6.45, 7) is 0. The van der Waals surface area contributed by atoms with Gasteiger partial charge >= 0.3 is 0 Å². The molecular weight excluding hydrogens is 162 g/mol. The molecule has 0 aliphatic carbocycles. The largest absolute Gasteiger partial charge is 0.495 e. The van der Waals surface area contributed by atoms with E-state index >= 15 is 0 Å². The lowest BCUT2D eigenvalue weighted by Crippen LogP contribution is -1.93. The van der Waals surface area contributed by atoms with Crippen LogP contribution in [0.1, 0.15) is 5.56 Å². The molecule has 1 rings (SSSR count). The van der Waals surface area contributed by atoms with Gasteiger partial charge in [0.1, 0.15) is 22.9 Å². The first kappa shape index (κ1) is 8.54. The monoisotopic (exact) mass is 168 g/mol. The third-order valence-corrected chi connectivity index (χ3v) is 1.38. The van der Waals surface area contributed by atoms with Crippen LogP contribution in [0, 0.1) is 24.0 Å². The third kappa shape index (κ3) is 1.37. The molecule has 62 valence electrons. The van der Waals surface area contributed by atoms with E-state index in [0.29, 0.717) is 0 Å². The van der Waals surface area contributed by atoms with Crippen LogP contribution >= 0.6 is 0 Å². The van der Waals surface area contributed by atoms with Crippen molar-refractivity contribution in [2.75, 3.05) is 7.11 Å². The average Bonchev–Trinajstić information content (AvgIpc) is 2.03. The Morgan fingerprint density at radius 3 is 2.58 bits per heavy atom. The van der Waals surface area contributed by atoms with Gasteiger partial charge in [-0.25, -0.2) is 8.78 Å². The van der Waals surface area contributed by atoms with Gasteiger partial charge in [0.15, 0.2) is 0 Å². The molecule has 0 saturated carbocycles. The van der Waals surface area contributed by atoms with E-state index in [9.17, 15) is 8.78 Å². The SMILES string of the molecule is C#Cc1c(F)cc(F)cc1OC. The van der Waals surface area contributed by atoms with Gasteiger partial charge in [-0.15, -0.1) is 6.42 Å². The highest BCUT2D eigenvalue weighted by atomic mass is 19.1. The van der Waals surface area contributed by atoms with Crippen molar-refractivity contribution in [3.05, 3.63) is 29.3 Å². The molecule has 0 unspecified atom stereocenters. The highest BCUT2D eigenvalue weighted by Gasteiger charge is 2.08. The minimum atomic E-state index is -0.783. The first-order chi connectivity index (χ1) is 5.69. The zero-order chi connectivity index (χ0) is 9.14. The second-order valence-corrected chi connectivity index (χ2v) is 2.11. The van der Waals surface area contributed by atoms with Crippen LogP contribution in [0.2, 0.25) is 0 Å². The Morgan fingerprint density at radius 1 is 1.42 bits per heavy atom. The van der Waals surface area contributed by atoms with Crippen LogP contribution in [0.15, 0.2) is 12.1 Å². The highest BCUT2D eigenvalue weighted by molar-refractivity contribution is 5.46. The topological polar surface area (TPSA) is 9.23 Å². The van der Waals surface area contributed by atoms with E-state index in [-0.39, 0.29) is 11.3 Å². The summed E-state index contributed by atoms with van der Waals surface area (Å²) in [7, 11) is 1.30. The van der Waals surface area contributed by atoms with Gasteiger partial charge in [0.25, 0.3) is 0 Å².